The van der Waals surface area contributed by atoms with E-state index in [4.69, 9.17) is 9.47 Å². The number of hydrogen-bond donors (Lipinski definition) is 1. The predicted octanol–water partition coefficient (Wildman–Crippen LogP) is 3.38. The summed E-state index contributed by atoms with van der Waals surface area (Å²) in [5.41, 5.74) is 1.29. The Balaban J connectivity index is 1.52. The van der Waals surface area contributed by atoms with Crippen LogP contribution < -0.4 is 10.1 Å². The molecule has 20 heavy (non-hydrogen) atoms. The maximum Gasteiger partial charge on any atom is 0.119 e. The van der Waals surface area contributed by atoms with E-state index < -0.39 is 0 Å². The van der Waals surface area contributed by atoms with Crippen LogP contribution in [0.1, 0.15) is 38.7 Å². The summed E-state index contributed by atoms with van der Waals surface area (Å²) in [5, 5.41) is 3.44. The van der Waals surface area contributed by atoms with E-state index in [9.17, 15) is 0 Å². The smallest absolute Gasteiger partial charge is 0.119 e. The van der Waals surface area contributed by atoms with Gasteiger partial charge in [0.25, 0.3) is 0 Å². The van der Waals surface area contributed by atoms with Gasteiger partial charge in [-0.25, -0.2) is 0 Å². The Labute approximate surface area is 122 Å². The average molecular weight is 277 g/mol. The fraction of sp³-hybridized carbons (Fsp3) is 0.647. The van der Waals surface area contributed by atoms with Crippen molar-refractivity contribution in [2.45, 2.75) is 45.8 Å². The largest absolute Gasteiger partial charge is 0.491 e. The molecule has 0 atom stereocenters. The standard InChI is InChI=1S/C17H27NO2/c1-14(2)20-17-8-6-15(7-9-17)12-18-10-3-11-19-13-16-4-5-16/h6-9,14,16,18H,3-5,10-13H2,1-2H3. The Morgan fingerprint density at radius 3 is 2.60 bits per heavy atom. The molecule has 1 aliphatic carbocycles. The Kier molecular flexibility index (Phi) is 6.34. The van der Waals surface area contributed by atoms with E-state index in [0.717, 1.165) is 44.4 Å². The van der Waals surface area contributed by atoms with Crippen LogP contribution in [0.2, 0.25) is 0 Å². The molecule has 0 amide bonds. The van der Waals surface area contributed by atoms with Gasteiger partial charge in [-0.15, -0.1) is 0 Å². The van der Waals surface area contributed by atoms with Crippen LogP contribution >= 0.6 is 0 Å². The van der Waals surface area contributed by atoms with Crippen molar-refractivity contribution in [1.29, 1.82) is 0 Å². The van der Waals surface area contributed by atoms with Gasteiger partial charge in [0.2, 0.25) is 0 Å². The summed E-state index contributed by atoms with van der Waals surface area (Å²) in [6.07, 6.45) is 4.06. The Morgan fingerprint density at radius 1 is 1.20 bits per heavy atom. The molecule has 2 rings (SSSR count). The zero-order valence-electron chi connectivity index (χ0n) is 12.7. The third-order valence-corrected chi connectivity index (χ3v) is 3.32. The molecule has 0 aliphatic heterocycles. The molecule has 0 unspecified atom stereocenters. The first-order valence-electron chi connectivity index (χ1n) is 7.78. The van der Waals surface area contributed by atoms with Crippen LogP contribution in [0.3, 0.4) is 0 Å². The summed E-state index contributed by atoms with van der Waals surface area (Å²) in [4.78, 5) is 0. The second kappa shape index (κ2) is 8.28. The van der Waals surface area contributed by atoms with Gasteiger partial charge < -0.3 is 14.8 Å². The van der Waals surface area contributed by atoms with Crippen LogP contribution in [0.15, 0.2) is 24.3 Å². The van der Waals surface area contributed by atoms with Gasteiger partial charge >= 0.3 is 0 Å². The van der Waals surface area contributed by atoms with Crippen LogP contribution in [-0.2, 0) is 11.3 Å². The highest BCUT2D eigenvalue weighted by Crippen LogP contribution is 2.28. The van der Waals surface area contributed by atoms with Gasteiger partial charge in [-0.1, -0.05) is 12.1 Å². The van der Waals surface area contributed by atoms with Crippen molar-refractivity contribution in [3.8, 4) is 5.75 Å². The Hall–Kier alpha value is -1.06. The molecule has 3 heteroatoms. The quantitative estimate of drug-likeness (QED) is 0.665. The lowest BCUT2D eigenvalue weighted by molar-refractivity contribution is 0.122. The van der Waals surface area contributed by atoms with E-state index in [0.29, 0.717) is 0 Å². The first-order chi connectivity index (χ1) is 9.74. The van der Waals surface area contributed by atoms with Crippen LogP contribution in [0.4, 0.5) is 0 Å². The zero-order chi connectivity index (χ0) is 14.2. The summed E-state index contributed by atoms with van der Waals surface area (Å²) in [5.74, 6) is 1.81. The fourth-order valence-electron chi connectivity index (χ4n) is 2.02. The van der Waals surface area contributed by atoms with Gasteiger partial charge in [0.1, 0.15) is 5.75 Å². The highest BCUT2D eigenvalue weighted by Gasteiger charge is 2.20. The van der Waals surface area contributed by atoms with Crippen LogP contribution in [0, 0.1) is 5.92 Å². The van der Waals surface area contributed by atoms with E-state index >= 15 is 0 Å². The lowest BCUT2D eigenvalue weighted by Crippen LogP contribution is -2.16. The molecule has 1 fully saturated rings. The molecule has 0 radical (unpaired) electrons. The van der Waals surface area contributed by atoms with Crippen molar-refractivity contribution in [3.63, 3.8) is 0 Å². The van der Waals surface area contributed by atoms with Gasteiger partial charge in [0, 0.05) is 19.8 Å². The van der Waals surface area contributed by atoms with E-state index in [-0.39, 0.29) is 6.10 Å². The van der Waals surface area contributed by atoms with Gasteiger partial charge in [-0.05, 0) is 63.3 Å². The molecule has 1 aromatic rings. The summed E-state index contributed by atoms with van der Waals surface area (Å²) in [6.45, 7) is 7.85. The first kappa shape index (κ1) is 15.3. The fourth-order valence-corrected chi connectivity index (χ4v) is 2.02. The summed E-state index contributed by atoms with van der Waals surface area (Å²) < 4.78 is 11.2. The number of ether oxygens (including phenoxy) is 2. The molecule has 1 aliphatic rings. The van der Waals surface area contributed by atoms with Gasteiger partial charge in [0.05, 0.1) is 6.10 Å². The molecule has 1 saturated carbocycles. The normalized spacial score (nSPS) is 14.8. The van der Waals surface area contributed by atoms with Crippen molar-refractivity contribution >= 4 is 0 Å². The molecule has 1 N–H and O–H groups in total. The number of hydrogen-bond acceptors (Lipinski definition) is 3. The van der Waals surface area contributed by atoms with Gasteiger partial charge in [-0.3, -0.25) is 0 Å². The molecule has 112 valence electrons. The van der Waals surface area contributed by atoms with Gasteiger partial charge in [0.15, 0.2) is 0 Å². The molecular formula is C17H27NO2. The van der Waals surface area contributed by atoms with Gasteiger partial charge in [-0.2, -0.15) is 0 Å². The second-order valence-corrected chi connectivity index (χ2v) is 5.86. The van der Waals surface area contributed by atoms with Crippen LogP contribution in [0.5, 0.6) is 5.75 Å². The highest BCUT2D eigenvalue weighted by molar-refractivity contribution is 5.27. The van der Waals surface area contributed by atoms with Crippen molar-refractivity contribution in [1.82, 2.24) is 5.32 Å². The topological polar surface area (TPSA) is 30.5 Å². The minimum atomic E-state index is 0.231. The van der Waals surface area contributed by atoms with Crippen LogP contribution in [-0.4, -0.2) is 25.9 Å². The minimum absolute atomic E-state index is 0.231. The minimum Gasteiger partial charge on any atom is -0.491 e. The highest BCUT2D eigenvalue weighted by atomic mass is 16.5. The lowest BCUT2D eigenvalue weighted by Gasteiger charge is -2.10. The van der Waals surface area contributed by atoms with Crippen molar-refractivity contribution in [2.24, 2.45) is 5.92 Å². The first-order valence-corrected chi connectivity index (χ1v) is 7.78. The predicted molar refractivity (Wildman–Crippen MR) is 82.1 cm³/mol. The Morgan fingerprint density at radius 2 is 1.95 bits per heavy atom. The summed E-state index contributed by atoms with van der Waals surface area (Å²) in [6, 6.07) is 8.31. The molecular weight excluding hydrogens is 250 g/mol. The molecule has 1 aromatic carbocycles. The average Bonchev–Trinajstić information content (AvgIpc) is 3.23. The molecule has 0 saturated heterocycles. The van der Waals surface area contributed by atoms with Crippen molar-refractivity contribution in [3.05, 3.63) is 29.8 Å². The molecule has 0 heterocycles. The zero-order valence-corrected chi connectivity index (χ0v) is 12.7. The summed E-state index contributed by atoms with van der Waals surface area (Å²) in [7, 11) is 0. The van der Waals surface area contributed by atoms with E-state index in [1.54, 1.807) is 0 Å². The number of benzene rings is 1. The monoisotopic (exact) mass is 277 g/mol. The van der Waals surface area contributed by atoms with E-state index in [1.165, 1.54) is 18.4 Å². The van der Waals surface area contributed by atoms with E-state index in [2.05, 4.69) is 17.4 Å². The van der Waals surface area contributed by atoms with Crippen LogP contribution in [0.25, 0.3) is 0 Å². The van der Waals surface area contributed by atoms with E-state index in [1.807, 2.05) is 26.0 Å². The SMILES string of the molecule is CC(C)Oc1ccc(CNCCCOCC2CC2)cc1. The maximum atomic E-state index is 5.63. The third kappa shape index (κ3) is 6.40. The lowest BCUT2D eigenvalue weighted by atomic mass is 10.2. The maximum absolute atomic E-state index is 5.63. The number of nitrogens with one attached hydrogen (secondary N) is 1. The third-order valence-electron chi connectivity index (χ3n) is 3.32. The number of rotatable bonds is 10. The Bertz CT molecular complexity index is 371. The molecule has 0 aromatic heterocycles. The van der Waals surface area contributed by atoms with Crippen molar-refractivity contribution in [2.75, 3.05) is 19.8 Å². The second-order valence-electron chi connectivity index (χ2n) is 5.86. The summed E-state index contributed by atoms with van der Waals surface area (Å²) >= 11 is 0. The van der Waals surface area contributed by atoms with Crippen molar-refractivity contribution < 1.29 is 9.47 Å². The molecule has 0 bridgehead atoms. The molecule has 0 spiro atoms. The molecule has 3 nitrogen and oxygen atoms in total.